The molecule has 0 aliphatic heterocycles. The van der Waals surface area contributed by atoms with Crippen LogP contribution in [0, 0.1) is 5.82 Å². The summed E-state index contributed by atoms with van der Waals surface area (Å²) >= 11 is 1.57. The standard InChI is InChI=1S/C18H17FN2OS/c19-13-6-8-14(9-7-13)22-18-16-15(10-11-23-16)20-17(21-18)12-4-2-1-3-5-12/h6-12H,1-5H2. The van der Waals surface area contributed by atoms with Crippen LogP contribution in [0.1, 0.15) is 43.8 Å². The van der Waals surface area contributed by atoms with E-state index in [4.69, 9.17) is 14.7 Å². The van der Waals surface area contributed by atoms with E-state index in [0.29, 0.717) is 17.5 Å². The molecule has 0 amide bonds. The third-order valence-corrected chi connectivity index (χ3v) is 5.18. The summed E-state index contributed by atoms with van der Waals surface area (Å²) in [7, 11) is 0. The van der Waals surface area contributed by atoms with Crippen molar-refractivity contribution < 1.29 is 9.13 Å². The van der Waals surface area contributed by atoms with Gasteiger partial charge in [0.05, 0.1) is 5.52 Å². The van der Waals surface area contributed by atoms with Gasteiger partial charge in [0.25, 0.3) is 0 Å². The smallest absolute Gasteiger partial charge is 0.240 e. The quantitative estimate of drug-likeness (QED) is 0.621. The van der Waals surface area contributed by atoms with Crippen LogP contribution in [-0.4, -0.2) is 9.97 Å². The molecule has 1 fully saturated rings. The topological polar surface area (TPSA) is 35.0 Å². The van der Waals surface area contributed by atoms with Gasteiger partial charge in [-0.1, -0.05) is 19.3 Å². The summed E-state index contributed by atoms with van der Waals surface area (Å²) in [6, 6.07) is 8.04. The Hall–Kier alpha value is -2.01. The van der Waals surface area contributed by atoms with E-state index in [-0.39, 0.29) is 5.82 Å². The second-order valence-electron chi connectivity index (χ2n) is 5.91. The third kappa shape index (κ3) is 3.06. The van der Waals surface area contributed by atoms with Gasteiger partial charge in [0, 0.05) is 5.92 Å². The lowest BCUT2D eigenvalue weighted by Crippen LogP contribution is -2.09. The van der Waals surface area contributed by atoms with E-state index in [1.807, 2.05) is 11.4 Å². The second kappa shape index (κ2) is 6.24. The van der Waals surface area contributed by atoms with Crippen LogP contribution in [-0.2, 0) is 0 Å². The molecule has 23 heavy (non-hydrogen) atoms. The Balaban J connectivity index is 1.71. The van der Waals surface area contributed by atoms with E-state index in [1.54, 1.807) is 23.5 Å². The maximum atomic E-state index is 13.1. The SMILES string of the molecule is Fc1ccc(Oc2nc(C3CCCCC3)nc3ccsc23)cc1. The number of thiophene rings is 1. The Labute approximate surface area is 138 Å². The minimum Gasteiger partial charge on any atom is -0.437 e. The Bertz CT molecular complexity index is 810. The Morgan fingerprint density at radius 2 is 1.78 bits per heavy atom. The summed E-state index contributed by atoms with van der Waals surface area (Å²) in [6.07, 6.45) is 6.07. The highest BCUT2D eigenvalue weighted by atomic mass is 32.1. The molecule has 118 valence electrons. The van der Waals surface area contributed by atoms with Gasteiger partial charge in [-0.25, -0.2) is 9.37 Å². The van der Waals surface area contributed by atoms with Crippen molar-refractivity contribution in [2.24, 2.45) is 0 Å². The molecular weight excluding hydrogens is 311 g/mol. The van der Waals surface area contributed by atoms with Crippen LogP contribution in [0.3, 0.4) is 0 Å². The van der Waals surface area contributed by atoms with Crippen LogP contribution in [0.5, 0.6) is 11.6 Å². The molecule has 1 aliphatic rings. The molecule has 0 bridgehead atoms. The third-order valence-electron chi connectivity index (χ3n) is 4.29. The number of aromatic nitrogens is 2. The number of benzene rings is 1. The van der Waals surface area contributed by atoms with E-state index in [9.17, 15) is 4.39 Å². The number of halogens is 1. The predicted molar refractivity (Wildman–Crippen MR) is 89.7 cm³/mol. The molecule has 5 heteroatoms. The summed E-state index contributed by atoms with van der Waals surface area (Å²) in [5, 5.41) is 2.00. The van der Waals surface area contributed by atoms with Crippen molar-refractivity contribution in [1.82, 2.24) is 9.97 Å². The number of rotatable bonds is 3. The average molecular weight is 328 g/mol. The lowest BCUT2D eigenvalue weighted by atomic mass is 9.89. The molecule has 1 saturated carbocycles. The van der Waals surface area contributed by atoms with E-state index in [2.05, 4.69) is 0 Å². The molecule has 0 N–H and O–H groups in total. The molecule has 3 nitrogen and oxygen atoms in total. The predicted octanol–water partition coefficient (Wildman–Crippen LogP) is 5.67. The highest BCUT2D eigenvalue weighted by Crippen LogP contribution is 2.36. The first-order chi connectivity index (χ1) is 11.3. The number of fused-ring (bicyclic) bond motifs is 1. The summed E-state index contributed by atoms with van der Waals surface area (Å²) < 4.78 is 19.9. The summed E-state index contributed by atoms with van der Waals surface area (Å²) in [4.78, 5) is 9.43. The van der Waals surface area contributed by atoms with E-state index in [1.165, 1.54) is 31.4 Å². The Morgan fingerprint density at radius 1 is 1.00 bits per heavy atom. The maximum absolute atomic E-state index is 13.1. The lowest BCUT2D eigenvalue weighted by molar-refractivity contribution is 0.417. The molecule has 1 aromatic carbocycles. The van der Waals surface area contributed by atoms with E-state index >= 15 is 0 Å². The van der Waals surface area contributed by atoms with E-state index in [0.717, 1.165) is 28.9 Å². The molecule has 2 heterocycles. The molecular formula is C18H17FN2OS. The monoisotopic (exact) mass is 328 g/mol. The van der Waals surface area contributed by atoms with Gasteiger partial charge in [-0.15, -0.1) is 11.3 Å². The number of hydrogen-bond donors (Lipinski definition) is 0. The highest BCUT2D eigenvalue weighted by Gasteiger charge is 2.21. The molecule has 0 saturated heterocycles. The zero-order chi connectivity index (χ0) is 15.6. The fraction of sp³-hybridized carbons (Fsp3) is 0.333. The van der Waals surface area contributed by atoms with Crippen molar-refractivity contribution in [2.45, 2.75) is 38.0 Å². The van der Waals surface area contributed by atoms with Crippen LogP contribution in [0.25, 0.3) is 10.2 Å². The second-order valence-corrected chi connectivity index (χ2v) is 6.83. The zero-order valence-electron chi connectivity index (χ0n) is 12.7. The fourth-order valence-corrected chi connectivity index (χ4v) is 3.84. The van der Waals surface area contributed by atoms with Gasteiger partial charge in [-0.05, 0) is 48.6 Å². The highest BCUT2D eigenvalue weighted by molar-refractivity contribution is 7.17. The zero-order valence-corrected chi connectivity index (χ0v) is 13.5. The fourth-order valence-electron chi connectivity index (χ4n) is 3.08. The van der Waals surface area contributed by atoms with Gasteiger partial charge in [-0.3, -0.25) is 0 Å². The number of hydrogen-bond acceptors (Lipinski definition) is 4. The molecule has 4 rings (SSSR count). The van der Waals surface area contributed by atoms with Crippen LogP contribution in [0.2, 0.25) is 0 Å². The Kier molecular flexibility index (Phi) is 3.95. The van der Waals surface area contributed by atoms with Crippen molar-refractivity contribution in [3.05, 3.63) is 47.4 Å². The van der Waals surface area contributed by atoms with Crippen molar-refractivity contribution in [3.63, 3.8) is 0 Å². The van der Waals surface area contributed by atoms with Gasteiger partial charge in [0.2, 0.25) is 5.88 Å². The van der Waals surface area contributed by atoms with Gasteiger partial charge < -0.3 is 4.74 Å². The molecule has 0 spiro atoms. The van der Waals surface area contributed by atoms with E-state index < -0.39 is 0 Å². The van der Waals surface area contributed by atoms with Crippen molar-refractivity contribution in [2.75, 3.05) is 0 Å². The van der Waals surface area contributed by atoms with Crippen LogP contribution >= 0.6 is 11.3 Å². The number of nitrogens with zero attached hydrogens (tertiary/aromatic N) is 2. The minimum absolute atomic E-state index is 0.274. The largest absolute Gasteiger partial charge is 0.437 e. The summed E-state index contributed by atoms with van der Waals surface area (Å²) in [6.45, 7) is 0. The first kappa shape index (κ1) is 14.6. The van der Waals surface area contributed by atoms with Gasteiger partial charge in [0.15, 0.2) is 0 Å². The van der Waals surface area contributed by atoms with Crippen LogP contribution in [0.4, 0.5) is 4.39 Å². The first-order valence-electron chi connectivity index (χ1n) is 7.98. The van der Waals surface area contributed by atoms with Gasteiger partial charge >= 0.3 is 0 Å². The van der Waals surface area contributed by atoms with Gasteiger partial charge in [0.1, 0.15) is 22.1 Å². The lowest BCUT2D eigenvalue weighted by Gasteiger charge is -2.20. The van der Waals surface area contributed by atoms with Crippen molar-refractivity contribution >= 4 is 21.6 Å². The average Bonchev–Trinajstić information content (AvgIpc) is 3.06. The van der Waals surface area contributed by atoms with Crippen LogP contribution < -0.4 is 4.74 Å². The Morgan fingerprint density at radius 3 is 2.57 bits per heavy atom. The van der Waals surface area contributed by atoms with Gasteiger partial charge in [-0.2, -0.15) is 4.98 Å². The first-order valence-corrected chi connectivity index (χ1v) is 8.86. The van der Waals surface area contributed by atoms with Crippen molar-refractivity contribution in [1.29, 1.82) is 0 Å². The minimum atomic E-state index is -0.274. The molecule has 2 aromatic heterocycles. The van der Waals surface area contributed by atoms with Crippen LogP contribution in [0.15, 0.2) is 35.7 Å². The molecule has 1 aliphatic carbocycles. The summed E-state index contributed by atoms with van der Waals surface area (Å²) in [5.41, 5.74) is 0.933. The maximum Gasteiger partial charge on any atom is 0.240 e. The molecule has 0 unspecified atom stereocenters. The molecule has 0 radical (unpaired) electrons. The summed E-state index contributed by atoms with van der Waals surface area (Å²) in [5.74, 6) is 2.20. The molecule has 0 atom stereocenters. The normalized spacial score (nSPS) is 15.9. The molecule has 3 aromatic rings. The van der Waals surface area contributed by atoms with Crippen molar-refractivity contribution in [3.8, 4) is 11.6 Å². The number of ether oxygens (including phenoxy) is 1.